The largest absolute Gasteiger partial charge is 0.352 e. The lowest BCUT2D eigenvalue weighted by Crippen LogP contribution is -2.26. The summed E-state index contributed by atoms with van der Waals surface area (Å²) in [4.78, 5) is 0. The zero-order valence-corrected chi connectivity index (χ0v) is 13.3. The van der Waals surface area contributed by atoms with Gasteiger partial charge in [-0.15, -0.1) is 6.58 Å². The summed E-state index contributed by atoms with van der Waals surface area (Å²) in [5, 5.41) is 0. The van der Waals surface area contributed by atoms with Crippen molar-refractivity contribution in [1.29, 1.82) is 0 Å². The van der Waals surface area contributed by atoms with E-state index in [1.165, 1.54) is 44.9 Å². The van der Waals surface area contributed by atoms with E-state index in [1.807, 2.05) is 19.9 Å². The van der Waals surface area contributed by atoms with Crippen LogP contribution in [0.1, 0.15) is 72.1 Å². The first kappa shape index (κ1) is 18.7. The summed E-state index contributed by atoms with van der Waals surface area (Å²) in [7, 11) is 0. The fourth-order valence-electron chi connectivity index (χ4n) is 2.33. The Morgan fingerprint density at radius 1 is 0.842 bits per heavy atom. The molecule has 0 amide bonds. The average molecular weight is 270 g/mol. The Balaban J connectivity index is 3.75. The van der Waals surface area contributed by atoms with Crippen LogP contribution in [-0.4, -0.2) is 19.5 Å². The molecule has 2 heteroatoms. The van der Waals surface area contributed by atoms with Gasteiger partial charge in [-0.2, -0.15) is 0 Å². The van der Waals surface area contributed by atoms with E-state index in [1.54, 1.807) is 0 Å². The van der Waals surface area contributed by atoms with Crippen LogP contribution in [0.15, 0.2) is 12.7 Å². The normalized spacial score (nSPS) is 12.8. The van der Waals surface area contributed by atoms with E-state index in [9.17, 15) is 0 Å². The highest BCUT2D eigenvalue weighted by atomic mass is 16.7. The van der Waals surface area contributed by atoms with Gasteiger partial charge in [0.2, 0.25) is 0 Å². The van der Waals surface area contributed by atoms with Crippen molar-refractivity contribution in [2.45, 2.75) is 78.4 Å². The molecular formula is C17H34O2. The van der Waals surface area contributed by atoms with Crippen LogP contribution in [0.5, 0.6) is 0 Å². The first-order valence-corrected chi connectivity index (χ1v) is 8.15. The van der Waals surface area contributed by atoms with E-state index >= 15 is 0 Å². The second-order valence-electron chi connectivity index (χ2n) is 5.09. The molecule has 0 radical (unpaired) electrons. The van der Waals surface area contributed by atoms with Gasteiger partial charge in [0, 0.05) is 19.1 Å². The maximum atomic E-state index is 5.65. The van der Waals surface area contributed by atoms with E-state index in [4.69, 9.17) is 9.47 Å². The van der Waals surface area contributed by atoms with Crippen molar-refractivity contribution in [2.75, 3.05) is 13.2 Å². The lowest BCUT2D eigenvalue weighted by Gasteiger charge is -2.24. The minimum absolute atomic E-state index is 0.104. The molecule has 0 saturated carbocycles. The van der Waals surface area contributed by atoms with Crippen LogP contribution in [0.4, 0.5) is 0 Å². The van der Waals surface area contributed by atoms with Crippen molar-refractivity contribution in [3.63, 3.8) is 0 Å². The first-order valence-electron chi connectivity index (χ1n) is 8.15. The van der Waals surface area contributed by atoms with Crippen molar-refractivity contribution >= 4 is 0 Å². The standard InChI is InChI=1S/C17H34O2/c1-5-9-10-11-12-13-14-15-16(6-2)17(18-7-3)19-8-4/h6,16-17H,2,5,7-15H2,1,3-4H3. The molecule has 1 atom stereocenters. The molecule has 0 N–H and O–H groups in total. The Kier molecular flexibility index (Phi) is 13.8. The monoisotopic (exact) mass is 270 g/mol. The fraction of sp³-hybridized carbons (Fsp3) is 0.882. The summed E-state index contributed by atoms with van der Waals surface area (Å²) >= 11 is 0. The van der Waals surface area contributed by atoms with Gasteiger partial charge < -0.3 is 9.47 Å². The van der Waals surface area contributed by atoms with Crippen LogP contribution in [0, 0.1) is 5.92 Å². The summed E-state index contributed by atoms with van der Waals surface area (Å²) in [5.41, 5.74) is 0. The van der Waals surface area contributed by atoms with Crippen molar-refractivity contribution in [3.05, 3.63) is 12.7 Å². The molecule has 0 bridgehead atoms. The quantitative estimate of drug-likeness (QED) is 0.241. The van der Waals surface area contributed by atoms with E-state index in [-0.39, 0.29) is 6.29 Å². The third-order valence-corrected chi connectivity index (χ3v) is 3.46. The predicted molar refractivity (Wildman–Crippen MR) is 83.3 cm³/mol. The molecule has 0 aliphatic rings. The molecule has 0 fully saturated rings. The summed E-state index contributed by atoms with van der Waals surface area (Å²) < 4.78 is 11.3. The van der Waals surface area contributed by atoms with Gasteiger partial charge in [0.15, 0.2) is 6.29 Å². The SMILES string of the molecule is C=CC(CCCCCCCCC)C(OCC)OCC. The smallest absolute Gasteiger partial charge is 0.163 e. The molecule has 0 aromatic carbocycles. The molecule has 0 aromatic heterocycles. The van der Waals surface area contributed by atoms with Crippen LogP contribution in [0.3, 0.4) is 0 Å². The van der Waals surface area contributed by atoms with Crippen molar-refractivity contribution in [3.8, 4) is 0 Å². The first-order chi connectivity index (χ1) is 9.29. The van der Waals surface area contributed by atoms with E-state index in [0.29, 0.717) is 19.1 Å². The Morgan fingerprint density at radius 3 is 1.84 bits per heavy atom. The predicted octanol–water partition coefficient (Wildman–Crippen LogP) is 5.33. The van der Waals surface area contributed by atoms with Gasteiger partial charge in [-0.25, -0.2) is 0 Å². The fourth-order valence-corrected chi connectivity index (χ4v) is 2.33. The van der Waals surface area contributed by atoms with Crippen molar-refractivity contribution in [2.24, 2.45) is 5.92 Å². The Hall–Kier alpha value is -0.340. The molecule has 114 valence electrons. The van der Waals surface area contributed by atoms with Crippen LogP contribution in [-0.2, 0) is 9.47 Å². The number of unbranched alkanes of at least 4 members (excludes halogenated alkanes) is 6. The summed E-state index contributed by atoms with van der Waals surface area (Å²) in [6, 6.07) is 0. The second-order valence-corrected chi connectivity index (χ2v) is 5.09. The molecule has 1 unspecified atom stereocenters. The van der Waals surface area contributed by atoms with E-state index in [0.717, 1.165) is 6.42 Å². The topological polar surface area (TPSA) is 18.5 Å². The molecule has 0 heterocycles. The Labute approximate surface area is 120 Å². The van der Waals surface area contributed by atoms with Crippen LogP contribution >= 0.6 is 0 Å². The zero-order chi connectivity index (χ0) is 14.3. The third-order valence-electron chi connectivity index (χ3n) is 3.46. The molecule has 0 spiro atoms. The number of ether oxygens (including phenoxy) is 2. The van der Waals surface area contributed by atoms with E-state index in [2.05, 4.69) is 13.5 Å². The lowest BCUT2D eigenvalue weighted by molar-refractivity contribution is -0.158. The molecular weight excluding hydrogens is 236 g/mol. The summed E-state index contributed by atoms with van der Waals surface area (Å²) in [6.07, 6.45) is 12.4. The maximum absolute atomic E-state index is 5.65. The van der Waals surface area contributed by atoms with Gasteiger partial charge in [-0.1, -0.05) is 57.9 Å². The minimum atomic E-state index is -0.104. The second kappa shape index (κ2) is 14.1. The molecule has 0 aliphatic heterocycles. The third kappa shape index (κ3) is 10.1. The van der Waals surface area contributed by atoms with Crippen LogP contribution in [0.25, 0.3) is 0 Å². The maximum Gasteiger partial charge on any atom is 0.163 e. The van der Waals surface area contributed by atoms with E-state index < -0.39 is 0 Å². The summed E-state index contributed by atoms with van der Waals surface area (Å²) in [6.45, 7) is 11.6. The van der Waals surface area contributed by atoms with Gasteiger partial charge in [0.05, 0.1) is 0 Å². The van der Waals surface area contributed by atoms with Gasteiger partial charge in [0.25, 0.3) is 0 Å². The van der Waals surface area contributed by atoms with Crippen LogP contribution < -0.4 is 0 Å². The highest BCUT2D eigenvalue weighted by Gasteiger charge is 2.18. The molecule has 19 heavy (non-hydrogen) atoms. The molecule has 0 rings (SSSR count). The minimum Gasteiger partial charge on any atom is -0.352 e. The number of rotatable bonds is 14. The Bertz CT molecular complexity index is 186. The van der Waals surface area contributed by atoms with Crippen molar-refractivity contribution in [1.82, 2.24) is 0 Å². The summed E-state index contributed by atoms with van der Waals surface area (Å²) in [5.74, 6) is 0.329. The average Bonchev–Trinajstić information content (AvgIpc) is 2.42. The molecule has 0 saturated heterocycles. The van der Waals surface area contributed by atoms with Crippen LogP contribution in [0.2, 0.25) is 0 Å². The van der Waals surface area contributed by atoms with Gasteiger partial charge in [-0.3, -0.25) is 0 Å². The Morgan fingerprint density at radius 2 is 1.37 bits per heavy atom. The van der Waals surface area contributed by atoms with Gasteiger partial charge in [0.1, 0.15) is 0 Å². The van der Waals surface area contributed by atoms with Crippen molar-refractivity contribution < 1.29 is 9.47 Å². The zero-order valence-electron chi connectivity index (χ0n) is 13.3. The number of hydrogen-bond donors (Lipinski definition) is 0. The van der Waals surface area contributed by atoms with Gasteiger partial charge >= 0.3 is 0 Å². The number of hydrogen-bond acceptors (Lipinski definition) is 2. The lowest BCUT2D eigenvalue weighted by atomic mass is 9.99. The van der Waals surface area contributed by atoms with Gasteiger partial charge in [-0.05, 0) is 20.3 Å². The molecule has 0 aromatic rings. The highest BCUT2D eigenvalue weighted by molar-refractivity contribution is 4.81. The molecule has 0 aliphatic carbocycles. The molecule has 2 nitrogen and oxygen atoms in total. The highest BCUT2D eigenvalue weighted by Crippen LogP contribution is 2.19.